The van der Waals surface area contributed by atoms with Gasteiger partial charge in [0.15, 0.2) is 6.61 Å². The molecular weight excluding hydrogens is 288 g/mol. The monoisotopic (exact) mass is 310 g/mol. The Kier molecular flexibility index (Phi) is 5.52. The molecule has 2 aromatic rings. The van der Waals surface area contributed by atoms with Crippen LogP contribution < -0.4 is 10.2 Å². The Labute approximate surface area is 137 Å². The normalized spacial score (nSPS) is 11.2. The van der Waals surface area contributed by atoms with Crippen molar-refractivity contribution in [1.82, 2.24) is 5.43 Å². The van der Waals surface area contributed by atoms with Crippen LogP contribution in [-0.4, -0.2) is 18.2 Å². The van der Waals surface area contributed by atoms with Gasteiger partial charge < -0.3 is 4.74 Å². The number of nitrogens with one attached hydrogen (secondary N) is 1. The number of hydrogen-bond acceptors (Lipinski definition) is 3. The zero-order valence-electron chi connectivity index (χ0n) is 14.0. The number of hydrazone groups is 1. The van der Waals surface area contributed by atoms with E-state index in [9.17, 15) is 4.79 Å². The van der Waals surface area contributed by atoms with Crippen molar-refractivity contribution in [2.24, 2.45) is 5.10 Å². The number of benzene rings is 2. The van der Waals surface area contributed by atoms with E-state index in [1.165, 1.54) is 11.1 Å². The van der Waals surface area contributed by atoms with Crippen molar-refractivity contribution in [2.75, 3.05) is 6.61 Å². The van der Waals surface area contributed by atoms with E-state index in [-0.39, 0.29) is 12.5 Å². The van der Waals surface area contributed by atoms with Gasteiger partial charge in [-0.15, -0.1) is 0 Å². The average molecular weight is 310 g/mol. The van der Waals surface area contributed by atoms with Crippen molar-refractivity contribution in [3.05, 3.63) is 64.7 Å². The molecule has 0 spiro atoms. The van der Waals surface area contributed by atoms with Crippen LogP contribution in [0.1, 0.15) is 29.2 Å². The molecule has 0 atom stereocenters. The summed E-state index contributed by atoms with van der Waals surface area (Å²) in [5.74, 6) is 0.393. The molecule has 0 radical (unpaired) electrons. The standard InChI is InChI=1S/C19H22N2O2/c1-13-6-5-7-18(10-13)23-12-19(22)21-20-16(4)17-9-8-14(2)15(3)11-17/h5-11H,12H2,1-4H3,(H,21,22)/b20-16-. The van der Waals surface area contributed by atoms with Crippen molar-refractivity contribution in [3.63, 3.8) is 0 Å². The quantitative estimate of drug-likeness (QED) is 0.678. The van der Waals surface area contributed by atoms with E-state index in [2.05, 4.69) is 30.4 Å². The molecular formula is C19H22N2O2. The first-order chi connectivity index (χ1) is 11.0. The zero-order chi connectivity index (χ0) is 16.8. The van der Waals surface area contributed by atoms with Gasteiger partial charge in [-0.3, -0.25) is 4.79 Å². The summed E-state index contributed by atoms with van der Waals surface area (Å²) in [6.07, 6.45) is 0. The van der Waals surface area contributed by atoms with Crippen LogP contribution in [0.4, 0.5) is 0 Å². The number of nitrogens with zero attached hydrogens (tertiary/aromatic N) is 1. The van der Waals surface area contributed by atoms with Crippen LogP contribution >= 0.6 is 0 Å². The van der Waals surface area contributed by atoms with Crippen molar-refractivity contribution < 1.29 is 9.53 Å². The molecule has 2 aromatic carbocycles. The summed E-state index contributed by atoms with van der Waals surface area (Å²) in [5.41, 5.74) is 7.80. The van der Waals surface area contributed by atoms with E-state index in [0.717, 1.165) is 16.8 Å². The first kappa shape index (κ1) is 16.7. The van der Waals surface area contributed by atoms with E-state index in [1.807, 2.05) is 50.2 Å². The fraction of sp³-hybridized carbons (Fsp3) is 0.263. The third-order valence-electron chi connectivity index (χ3n) is 3.63. The molecule has 0 saturated carbocycles. The van der Waals surface area contributed by atoms with Crippen LogP contribution in [-0.2, 0) is 4.79 Å². The maximum atomic E-state index is 11.8. The van der Waals surface area contributed by atoms with E-state index in [0.29, 0.717) is 5.75 Å². The van der Waals surface area contributed by atoms with Crippen LogP contribution in [0.15, 0.2) is 47.6 Å². The SMILES string of the molecule is C/C(=N/NC(=O)COc1cccc(C)c1)c1ccc(C)c(C)c1. The fourth-order valence-electron chi connectivity index (χ4n) is 2.06. The Balaban J connectivity index is 1.90. The summed E-state index contributed by atoms with van der Waals surface area (Å²) in [4.78, 5) is 11.8. The predicted octanol–water partition coefficient (Wildman–Crippen LogP) is 3.53. The Morgan fingerprint density at radius 2 is 1.87 bits per heavy atom. The van der Waals surface area contributed by atoms with Gasteiger partial charge in [0, 0.05) is 0 Å². The minimum Gasteiger partial charge on any atom is -0.484 e. The van der Waals surface area contributed by atoms with Gasteiger partial charge >= 0.3 is 0 Å². The zero-order valence-corrected chi connectivity index (χ0v) is 14.0. The summed E-state index contributed by atoms with van der Waals surface area (Å²) in [6.45, 7) is 7.90. The van der Waals surface area contributed by atoms with Gasteiger partial charge in [0.2, 0.25) is 0 Å². The second-order valence-corrected chi connectivity index (χ2v) is 5.64. The number of amides is 1. The van der Waals surface area contributed by atoms with Crippen LogP contribution in [0, 0.1) is 20.8 Å². The van der Waals surface area contributed by atoms with Crippen molar-refractivity contribution in [2.45, 2.75) is 27.7 Å². The number of hydrogen-bond donors (Lipinski definition) is 1. The molecule has 0 fully saturated rings. The lowest BCUT2D eigenvalue weighted by molar-refractivity contribution is -0.123. The third-order valence-corrected chi connectivity index (χ3v) is 3.63. The molecule has 0 aliphatic heterocycles. The highest BCUT2D eigenvalue weighted by Crippen LogP contribution is 2.12. The highest BCUT2D eigenvalue weighted by Gasteiger charge is 2.04. The number of carbonyl (C=O) groups is 1. The summed E-state index contributed by atoms with van der Waals surface area (Å²) in [6, 6.07) is 13.7. The van der Waals surface area contributed by atoms with Gasteiger partial charge in [0.25, 0.3) is 5.91 Å². The lowest BCUT2D eigenvalue weighted by Gasteiger charge is -2.07. The van der Waals surface area contributed by atoms with Gasteiger partial charge in [-0.25, -0.2) is 5.43 Å². The second kappa shape index (κ2) is 7.58. The number of carbonyl (C=O) groups excluding carboxylic acids is 1. The van der Waals surface area contributed by atoms with E-state index < -0.39 is 0 Å². The van der Waals surface area contributed by atoms with Crippen molar-refractivity contribution in [3.8, 4) is 5.75 Å². The van der Waals surface area contributed by atoms with Crippen molar-refractivity contribution >= 4 is 11.6 Å². The van der Waals surface area contributed by atoms with Crippen LogP contribution in [0.2, 0.25) is 0 Å². The predicted molar refractivity (Wildman–Crippen MR) is 92.9 cm³/mol. The van der Waals surface area contributed by atoms with Gasteiger partial charge in [-0.1, -0.05) is 24.3 Å². The summed E-state index contributed by atoms with van der Waals surface area (Å²) in [7, 11) is 0. The van der Waals surface area contributed by atoms with Crippen LogP contribution in [0.5, 0.6) is 5.75 Å². The van der Waals surface area contributed by atoms with E-state index in [1.54, 1.807) is 0 Å². The molecule has 0 heterocycles. The molecule has 4 nitrogen and oxygen atoms in total. The summed E-state index contributed by atoms with van der Waals surface area (Å²) < 4.78 is 5.44. The Morgan fingerprint density at radius 3 is 2.57 bits per heavy atom. The highest BCUT2D eigenvalue weighted by molar-refractivity contribution is 5.99. The summed E-state index contributed by atoms with van der Waals surface area (Å²) >= 11 is 0. The molecule has 1 amide bonds. The largest absolute Gasteiger partial charge is 0.484 e. The van der Waals surface area contributed by atoms with Gasteiger partial charge in [0.1, 0.15) is 5.75 Å². The maximum absolute atomic E-state index is 11.8. The Bertz CT molecular complexity index is 736. The van der Waals surface area contributed by atoms with Crippen LogP contribution in [0.3, 0.4) is 0 Å². The lowest BCUT2D eigenvalue weighted by Crippen LogP contribution is -2.25. The molecule has 0 unspecified atom stereocenters. The van der Waals surface area contributed by atoms with Gasteiger partial charge in [-0.05, 0) is 68.1 Å². The molecule has 0 aromatic heterocycles. The second-order valence-electron chi connectivity index (χ2n) is 5.64. The van der Waals surface area contributed by atoms with E-state index in [4.69, 9.17) is 4.74 Å². The number of ether oxygens (including phenoxy) is 1. The third kappa shape index (κ3) is 4.95. The van der Waals surface area contributed by atoms with E-state index >= 15 is 0 Å². The smallest absolute Gasteiger partial charge is 0.277 e. The van der Waals surface area contributed by atoms with Crippen molar-refractivity contribution in [1.29, 1.82) is 0 Å². The molecule has 120 valence electrons. The molecule has 0 aliphatic rings. The molecule has 23 heavy (non-hydrogen) atoms. The topological polar surface area (TPSA) is 50.7 Å². The molecule has 0 aliphatic carbocycles. The molecule has 0 saturated heterocycles. The minimum atomic E-state index is -0.283. The molecule has 4 heteroatoms. The molecule has 1 N–H and O–H groups in total. The first-order valence-electron chi connectivity index (χ1n) is 7.56. The minimum absolute atomic E-state index is 0.0623. The number of aryl methyl sites for hydroxylation is 3. The van der Waals surface area contributed by atoms with Gasteiger partial charge in [-0.2, -0.15) is 5.10 Å². The first-order valence-corrected chi connectivity index (χ1v) is 7.56. The van der Waals surface area contributed by atoms with Gasteiger partial charge in [0.05, 0.1) is 5.71 Å². The van der Waals surface area contributed by atoms with Crippen LogP contribution in [0.25, 0.3) is 0 Å². The molecule has 0 bridgehead atoms. The molecule has 2 rings (SSSR count). The lowest BCUT2D eigenvalue weighted by atomic mass is 10.0. The summed E-state index contributed by atoms with van der Waals surface area (Å²) in [5, 5.41) is 4.13. The highest BCUT2D eigenvalue weighted by atomic mass is 16.5. The fourth-order valence-corrected chi connectivity index (χ4v) is 2.06. The Morgan fingerprint density at radius 1 is 1.09 bits per heavy atom. The Hall–Kier alpha value is -2.62. The maximum Gasteiger partial charge on any atom is 0.277 e. The average Bonchev–Trinajstić information content (AvgIpc) is 2.53. The number of rotatable bonds is 5.